The number of amides is 2. The molecule has 0 heterocycles. The molecule has 0 spiro atoms. The van der Waals surface area contributed by atoms with E-state index in [1.165, 1.54) is 19.3 Å². The maximum Gasteiger partial charge on any atom is 0.328 e. The predicted octanol–water partition coefficient (Wildman–Crippen LogP) is 2.59. The van der Waals surface area contributed by atoms with Crippen LogP contribution in [0.15, 0.2) is 0 Å². The number of carbonyl (C=O) groups excluding carboxylic acids is 3. The second kappa shape index (κ2) is 8.20. The van der Waals surface area contributed by atoms with Gasteiger partial charge in [-0.1, -0.05) is 19.3 Å². The van der Waals surface area contributed by atoms with Crippen LogP contribution in [0, 0.1) is 34.5 Å². The van der Waals surface area contributed by atoms with Crippen molar-refractivity contribution in [1.82, 2.24) is 10.6 Å². The third kappa shape index (κ3) is 4.19. The van der Waals surface area contributed by atoms with Gasteiger partial charge in [0.1, 0.15) is 11.6 Å². The smallest absolute Gasteiger partial charge is 0.328 e. The van der Waals surface area contributed by atoms with Gasteiger partial charge in [-0.2, -0.15) is 5.26 Å². The van der Waals surface area contributed by atoms with E-state index in [-0.39, 0.29) is 11.3 Å². The number of hydrogen-bond acceptors (Lipinski definition) is 5. The fraction of sp³-hybridized carbons (Fsp3) is 0.826. The fourth-order valence-corrected chi connectivity index (χ4v) is 6.78. The van der Waals surface area contributed by atoms with Crippen LogP contribution in [0.3, 0.4) is 0 Å². The van der Waals surface area contributed by atoms with Crippen molar-refractivity contribution >= 4 is 17.8 Å². The molecule has 30 heavy (non-hydrogen) atoms. The Balaban J connectivity index is 1.25. The molecular weight excluding hydrogens is 382 g/mol. The van der Waals surface area contributed by atoms with Gasteiger partial charge >= 0.3 is 5.97 Å². The summed E-state index contributed by atoms with van der Waals surface area (Å²) >= 11 is 0. The van der Waals surface area contributed by atoms with Gasteiger partial charge < -0.3 is 15.4 Å². The zero-order valence-electron chi connectivity index (χ0n) is 17.9. The van der Waals surface area contributed by atoms with Gasteiger partial charge in [0.2, 0.25) is 5.91 Å². The molecule has 164 valence electrons. The van der Waals surface area contributed by atoms with Crippen LogP contribution in [0.5, 0.6) is 0 Å². The van der Waals surface area contributed by atoms with E-state index < -0.39 is 30.1 Å². The second-order valence-corrected chi connectivity index (χ2v) is 10.3. The Labute approximate surface area is 178 Å². The van der Waals surface area contributed by atoms with Gasteiger partial charge in [-0.3, -0.25) is 9.59 Å². The molecule has 2 N–H and O–H groups in total. The first-order chi connectivity index (χ1) is 14.3. The average Bonchev–Trinajstić information content (AvgIpc) is 2.71. The van der Waals surface area contributed by atoms with Crippen LogP contribution < -0.4 is 10.6 Å². The number of nitrogens with zero attached hydrogens (tertiary/aromatic N) is 1. The molecule has 0 aromatic carbocycles. The van der Waals surface area contributed by atoms with Crippen molar-refractivity contribution in [3.63, 3.8) is 0 Å². The first-order valence-electron chi connectivity index (χ1n) is 11.5. The topological polar surface area (TPSA) is 108 Å². The van der Waals surface area contributed by atoms with Crippen molar-refractivity contribution in [1.29, 1.82) is 5.26 Å². The summed E-state index contributed by atoms with van der Waals surface area (Å²) in [6.45, 7) is 1.18. The lowest BCUT2D eigenvalue weighted by Gasteiger charge is -2.55. The van der Waals surface area contributed by atoms with Gasteiger partial charge in [0.15, 0.2) is 6.61 Å². The predicted molar refractivity (Wildman–Crippen MR) is 109 cm³/mol. The summed E-state index contributed by atoms with van der Waals surface area (Å²) in [5.74, 6) is 0.853. The molecule has 7 nitrogen and oxygen atoms in total. The number of ether oxygens (including phenoxy) is 1. The molecule has 5 aliphatic carbocycles. The standard InChI is InChI=1S/C23H33N3O4/c1-15(20(28)30-13-19(27)26-23(14-24)5-3-2-4-6-23)25-21(29)22-10-16-7-17(11-22)9-18(8-16)12-22/h15-18H,2-13H2,1H3,(H,25,29)(H,26,27)/t15-,16?,17?,18?,22?/m0/s1. The molecular formula is C23H33N3O4. The van der Waals surface area contributed by atoms with E-state index in [1.807, 2.05) is 0 Å². The Hall–Kier alpha value is -2.10. The quantitative estimate of drug-likeness (QED) is 0.648. The maximum absolute atomic E-state index is 13.1. The number of nitriles is 1. The molecule has 1 atom stereocenters. The zero-order chi connectivity index (χ0) is 21.4. The SMILES string of the molecule is C[C@H](NC(=O)C12CC3CC(CC(C3)C1)C2)C(=O)OCC(=O)NC1(C#N)CCCCC1. The molecule has 0 aromatic rings. The van der Waals surface area contributed by atoms with Crippen LogP contribution in [-0.4, -0.2) is 36.0 Å². The highest BCUT2D eigenvalue weighted by atomic mass is 16.5. The van der Waals surface area contributed by atoms with Crippen LogP contribution in [0.2, 0.25) is 0 Å². The third-order valence-electron chi connectivity index (χ3n) is 7.87. The van der Waals surface area contributed by atoms with Crippen molar-refractivity contribution in [2.45, 2.75) is 89.1 Å². The average molecular weight is 416 g/mol. The van der Waals surface area contributed by atoms with Crippen LogP contribution in [0.25, 0.3) is 0 Å². The van der Waals surface area contributed by atoms with Gasteiger partial charge in [-0.25, -0.2) is 4.79 Å². The van der Waals surface area contributed by atoms with E-state index in [2.05, 4.69) is 16.7 Å². The summed E-state index contributed by atoms with van der Waals surface area (Å²) in [5.41, 5.74) is -1.17. The first kappa shape index (κ1) is 21.1. The molecule has 0 unspecified atom stereocenters. The van der Waals surface area contributed by atoms with E-state index in [1.54, 1.807) is 6.92 Å². The maximum atomic E-state index is 13.1. The minimum Gasteiger partial charge on any atom is -0.454 e. The highest BCUT2D eigenvalue weighted by Gasteiger charge is 2.54. The van der Waals surface area contributed by atoms with E-state index in [0.29, 0.717) is 30.6 Å². The largest absolute Gasteiger partial charge is 0.454 e. The lowest BCUT2D eigenvalue weighted by molar-refractivity contribution is -0.155. The lowest BCUT2D eigenvalue weighted by Crippen LogP contribution is -2.56. The van der Waals surface area contributed by atoms with Gasteiger partial charge in [-0.05, 0) is 76.0 Å². The highest BCUT2D eigenvalue weighted by Crippen LogP contribution is 2.60. The molecule has 5 rings (SSSR count). The van der Waals surface area contributed by atoms with Crippen LogP contribution >= 0.6 is 0 Å². The van der Waals surface area contributed by atoms with E-state index >= 15 is 0 Å². The summed E-state index contributed by atoms with van der Waals surface area (Å²) in [4.78, 5) is 37.7. The van der Waals surface area contributed by atoms with Gasteiger partial charge in [0.05, 0.1) is 6.07 Å². The highest BCUT2D eigenvalue weighted by molar-refractivity contribution is 5.89. The number of esters is 1. The van der Waals surface area contributed by atoms with Gasteiger partial charge in [0, 0.05) is 5.41 Å². The molecule has 4 bridgehead atoms. The molecule has 0 saturated heterocycles. The van der Waals surface area contributed by atoms with Crippen molar-refractivity contribution in [3.8, 4) is 6.07 Å². The number of carbonyl (C=O) groups is 3. The lowest BCUT2D eigenvalue weighted by atomic mass is 9.49. The van der Waals surface area contributed by atoms with Crippen LogP contribution in [0.1, 0.15) is 77.6 Å². The first-order valence-corrected chi connectivity index (χ1v) is 11.5. The summed E-state index contributed by atoms with van der Waals surface area (Å²) in [7, 11) is 0. The fourth-order valence-electron chi connectivity index (χ4n) is 6.78. The van der Waals surface area contributed by atoms with Gasteiger partial charge in [0.25, 0.3) is 5.91 Å². The Morgan fingerprint density at radius 2 is 1.60 bits per heavy atom. The van der Waals surface area contributed by atoms with Crippen molar-refractivity contribution in [2.75, 3.05) is 6.61 Å². The van der Waals surface area contributed by atoms with E-state index in [4.69, 9.17) is 4.74 Å². The summed E-state index contributed by atoms with van der Waals surface area (Å²) in [6, 6.07) is 1.42. The van der Waals surface area contributed by atoms with E-state index in [9.17, 15) is 19.6 Å². The Kier molecular flexibility index (Phi) is 5.78. The van der Waals surface area contributed by atoms with Crippen molar-refractivity contribution in [3.05, 3.63) is 0 Å². The second-order valence-electron chi connectivity index (χ2n) is 10.3. The number of nitrogens with one attached hydrogen (secondary N) is 2. The number of hydrogen-bond donors (Lipinski definition) is 2. The molecule has 5 saturated carbocycles. The summed E-state index contributed by atoms with van der Waals surface area (Å²) < 4.78 is 5.14. The zero-order valence-corrected chi connectivity index (χ0v) is 17.9. The summed E-state index contributed by atoms with van der Waals surface area (Å²) in [5, 5.41) is 15.1. The Bertz CT molecular complexity index is 715. The minimum absolute atomic E-state index is 0.0267. The molecule has 0 aliphatic heterocycles. The third-order valence-corrected chi connectivity index (χ3v) is 7.87. The van der Waals surface area contributed by atoms with Crippen LogP contribution in [0.4, 0.5) is 0 Å². The Morgan fingerprint density at radius 1 is 1.03 bits per heavy atom. The molecule has 5 fully saturated rings. The molecule has 0 radical (unpaired) electrons. The monoisotopic (exact) mass is 415 g/mol. The summed E-state index contributed by atoms with van der Waals surface area (Å²) in [6.07, 6.45) is 10.7. The molecule has 0 aromatic heterocycles. The van der Waals surface area contributed by atoms with Crippen molar-refractivity contribution < 1.29 is 19.1 Å². The Morgan fingerprint density at radius 3 is 2.13 bits per heavy atom. The van der Waals surface area contributed by atoms with Crippen LogP contribution in [-0.2, 0) is 19.1 Å². The number of rotatable bonds is 6. The van der Waals surface area contributed by atoms with Crippen molar-refractivity contribution in [2.24, 2.45) is 23.2 Å². The van der Waals surface area contributed by atoms with Gasteiger partial charge in [-0.15, -0.1) is 0 Å². The molecule has 2 amide bonds. The minimum atomic E-state index is -0.847. The molecule has 5 aliphatic rings. The normalized spacial score (nSPS) is 34.5. The molecule has 7 heteroatoms. The van der Waals surface area contributed by atoms with E-state index in [0.717, 1.165) is 38.5 Å².